The number of hydrogen-bond donors (Lipinski definition) is 0. The number of piperazine rings is 1. The van der Waals surface area contributed by atoms with Gasteiger partial charge in [0.2, 0.25) is 5.91 Å². The zero-order valence-corrected chi connectivity index (χ0v) is 15.4. The molecule has 0 aromatic heterocycles. The molecular weight excluding hydrogens is 340 g/mol. The molecule has 2 aliphatic rings. The molecule has 1 saturated heterocycles. The van der Waals surface area contributed by atoms with Crippen molar-refractivity contribution in [2.75, 3.05) is 32.8 Å². The van der Waals surface area contributed by atoms with Gasteiger partial charge in [0.25, 0.3) is 5.91 Å². The third kappa shape index (κ3) is 3.97. The number of amides is 2. The molecule has 27 heavy (non-hydrogen) atoms. The predicted molar refractivity (Wildman–Crippen MR) is 103 cm³/mol. The van der Waals surface area contributed by atoms with E-state index in [-0.39, 0.29) is 11.8 Å². The summed E-state index contributed by atoms with van der Waals surface area (Å²) in [4.78, 5) is 29.0. The van der Waals surface area contributed by atoms with E-state index in [0.29, 0.717) is 38.2 Å². The average Bonchev–Trinajstić information content (AvgIpc) is 2.73. The molecule has 2 aromatic rings. The first kappa shape index (κ1) is 17.6. The molecule has 2 aliphatic heterocycles. The lowest BCUT2D eigenvalue weighted by Gasteiger charge is -2.35. The Balaban J connectivity index is 1.35. The molecule has 0 saturated carbocycles. The Bertz CT molecular complexity index is 827. The first-order valence-corrected chi connectivity index (χ1v) is 9.57. The van der Waals surface area contributed by atoms with Gasteiger partial charge in [-0.25, -0.2) is 0 Å². The lowest BCUT2D eigenvalue weighted by atomic mass is 10.0. The second-order valence-electron chi connectivity index (χ2n) is 7.11. The summed E-state index contributed by atoms with van der Waals surface area (Å²) in [5, 5.41) is 0. The minimum absolute atomic E-state index is 0.0403. The number of aryl methyl sites for hydroxylation is 1. The van der Waals surface area contributed by atoms with Crippen molar-refractivity contribution in [2.45, 2.75) is 19.3 Å². The summed E-state index contributed by atoms with van der Waals surface area (Å²) in [5.41, 5.74) is 2.85. The van der Waals surface area contributed by atoms with Crippen LogP contribution in [0, 0.1) is 0 Å². The molecule has 5 nitrogen and oxygen atoms in total. The van der Waals surface area contributed by atoms with E-state index in [2.05, 4.69) is 0 Å². The minimum Gasteiger partial charge on any atom is -0.493 e. The molecule has 0 bridgehead atoms. The van der Waals surface area contributed by atoms with Crippen LogP contribution in [0.15, 0.2) is 48.5 Å². The maximum absolute atomic E-state index is 12.8. The van der Waals surface area contributed by atoms with Gasteiger partial charge in [0.15, 0.2) is 0 Å². The largest absolute Gasteiger partial charge is 0.493 e. The summed E-state index contributed by atoms with van der Waals surface area (Å²) in [7, 11) is 0. The number of benzene rings is 2. The Morgan fingerprint density at radius 1 is 0.926 bits per heavy atom. The second kappa shape index (κ2) is 7.82. The average molecular weight is 364 g/mol. The molecule has 0 spiro atoms. The molecule has 0 atom stereocenters. The number of fused-ring (bicyclic) bond motifs is 1. The Kier molecular flexibility index (Phi) is 5.10. The van der Waals surface area contributed by atoms with Crippen LogP contribution in [0.25, 0.3) is 0 Å². The molecule has 5 heteroatoms. The Morgan fingerprint density at radius 2 is 1.67 bits per heavy atom. The number of ether oxygens (including phenoxy) is 1. The van der Waals surface area contributed by atoms with Crippen LogP contribution in [-0.2, 0) is 17.6 Å². The molecule has 0 radical (unpaired) electrons. The zero-order valence-electron chi connectivity index (χ0n) is 15.4. The Hall–Kier alpha value is -2.82. The highest BCUT2D eigenvalue weighted by atomic mass is 16.5. The van der Waals surface area contributed by atoms with Crippen molar-refractivity contribution in [3.63, 3.8) is 0 Å². The van der Waals surface area contributed by atoms with Crippen LogP contribution in [0.3, 0.4) is 0 Å². The standard InChI is InChI=1S/C22H24N2O3/c25-21(15-17-5-2-1-3-6-17)23-10-12-24(13-11-23)22(26)19-8-9-20-18(16-19)7-4-14-27-20/h1-3,5-6,8-9,16H,4,7,10-15H2. The van der Waals surface area contributed by atoms with Gasteiger partial charge < -0.3 is 14.5 Å². The van der Waals surface area contributed by atoms with E-state index in [1.165, 1.54) is 0 Å². The summed E-state index contributed by atoms with van der Waals surface area (Å²) in [6.07, 6.45) is 2.37. The van der Waals surface area contributed by atoms with Gasteiger partial charge in [-0.15, -0.1) is 0 Å². The van der Waals surface area contributed by atoms with E-state index in [4.69, 9.17) is 4.74 Å². The number of hydrogen-bond acceptors (Lipinski definition) is 3. The highest BCUT2D eigenvalue weighted by molar-refractivity contribution is 5.95. The van der Waals surface area contributed by atoms with Gasteiger partial charge in [0.1, 0.15) is 5.75 Å². The van der Waals surface area contributed by atoms with Crippen molar-refractivity contribution in [1.82, 2.24) is 9.80 Å². The molecule has 0 aliphatic carbocycles. The molecular formula is C22H24N2O3. The molecule has 2 heterocycles. The van der Waals surface area contributed by atoms with Crippen molar-refractivity contribution < 1.29 is 14.3 Å². The van der Waals surface area contributed by atoms with Crippen LogP contribution in [0.4, 0.5) is 0 Å². The highest BCUT2D eigenvalue weighted by Crippen LogP contribution is 2.26. The van der Waals surface area contributed by atoms with Gasteiger partial charge in [0, 0.05) is 31.7 Å². The summed E-state index contributed by atoms with van der Waals surface area (Å²) < 4.78 is 5.62. The lowest BCUT2D eigenvalue weighted by molar-refractivity contribution is -0.131. The van der Waals surface area contributed by atoms with Crippen molar-refractivity contribution in [2.24, 2.45) is 0 Å². The summed E-state index contributed by atoms with van der Waals surface area (Å²) >= 11 is 0. The van der Waals surface area contributed by atoms with Crippen molar-refractivity contribution in [3.05, 3.63) is 65.2 Å². The summed E-state index contributed by atoms with van der Waals surface area (Å²) in [6.45, 7) is 3.08. The maximum Gasteiger partial charge on any atom is 0.253 e. The van der Waals surface area contributed by atoms with Crippen molar-refractivity contribution >= 4 is 11.8 Å². The second-order valence-corrected chi connectivity index (χ2v) is 7.11. The minimum atomic E-state index is 0.0403. The third-order valence-corrected chi connectivity index (χ3v) is 5.27. The molecule has 140 valence electrons. The van der Waals surface area contributed by atoms with Crippen LogP contribution in [0.1, 0.15) is 27.9 Å². The van der Waals surface area contributed by atoms with Crippen LogP contribution >= 0.6 is 0 Å². The smallest absolute Gasteiger partial charge is 0.253 e. The van der Waals surface area contributed by atoms with Crippen molar-refractivity contribution in [1.29, 1.82) is 0 Å². The van der Waals surface area contributed by atoms with Gasteiger partial charge in [0.05, 0.1) is 13.0 Å². The molecule has 2 aromatic carbocycles. The van der Waals surface area contributed by atoms with E-state index in [9.17, 15) is 9.59 Å². The van der Waals surface area contributed by atoms with Gasteiger partial charge in [-0.05, 0) is 42.2 Å². The SMILES string of the molecule is O=C(Cc1ccccc1)N1CCN(C(=O)c2ccc3c(c2)CCCO3)CC1. The van der Waals surface area contributed by atoms with Gasteiger partial charge in [-0.3, -0.25) is 9.59 Å². The highest BCUT2D eigenvalue weighted by Gasteiger charge is 2.25. The molecule has 0 unspecified atom stereocenters. The third-order valence-electron chi connectivity index (χ3n) is 5.27. The van der Waals surface area contributed by atoms with Crippen LogP contribution < -0.4 is 4.74 Å². The summed E-state index contributed by atoms with van der Waals surface area (Å²) in [5.74, 6) is 1.06. The van der Waals surface area contributed by atoms with E-state index in [1.807, 2.05) is 58.3 Å². The van der Waals surface area contributed by atoms with Crippen LogP contribution in [-0.4, -0.2) is 54.4 Å². The topological polar surface area (TPSA) is 49.9 Å². The fourth-order valence-electron chi connectivity index (χ4n) is 3.72. The number of carbonyl (C=O) groups excluding carboxylic acids is 2. The quantitative estimate of drug-likeness (QED) is 0.841. The van der Waals surface area contributed by atoms with E-state index in [0.717, 1.165) is 36.3 Å². The first-order chi connectivity index (χ1) is 13.2. The van der Waals surface area contributed by atoms with Gasteiger partial charge in [-0.1, -0.05) is 30.3 Å². The lowest BCUT2D eigenvalue weighted by Crippen LogP contribution is -2.51. The number of carbonyl (C=O) groups is 2. The van der Waals surface area contributed by atoms with Crippen LogP contribution in [0.2, 0.25) is 0 Å². The van der Waals surface area contributed by atoms with E-state index < -0.39 is 0 Å². The van der Waals surface area contributed by atoms with E-state index >= 15 is 0 Å². The van der Waals surface area contributed by atoms with Gasteiger partial charge in [-0.2, -0.15) is 0 Å². The number of rotatable bonds is 3. The maximum atomic E-state index is 12.8. The molecule has 0 N–H and O–H groups in total. The Morgan fingerprint density at radius 3 is 2.44 bits per heavy atom. The fourth-order valence-corrected chi connectivity index (χ4v) is 3.72. The zero-order chi connectivity index (χ0) is 18.6. The Labute approximate surface area is 159 Å². The first-order valence-electron chi connectivity index (χ1n) is 9.57. The summed E-state index contributed by atoms with van der Waals surface area (Å²) in [6, 6.07) is 15.5. The normalized spacial score (nSPS) is 16.4. The fraction of sp³-hybridized carbons (Fsp3) is 0.364. The molecule has 1 fully saturated rings. The van der Waals surface area contributed by atoms with E-state index in [1.54, 1.807) is 0 Å². The predicted octanol–water partition coefficient (Wildman–Crippen LogP) is 2.54. The molecule has 4 rings (SSSR count). The van der Waals surface area contributed by atoms with Crippen molar-refractivity contribution in [3.8, 4) is 5.75 Å². The number of nitrogens with zero attached hydrogens (tertiary/aromatic N) is 2. The van der Waals surface area contributed by atoms with Gasteiger partial charge >= 0.3 is 0 Å². The molecule has 2 amide bonds. The van der Waals surface area contributed by atoms with Crippen LogP contribution in [0.5, 0.6) is 5.75 Å². The monoisotopic (exact) mass is 364 g/mol.